The molecule has 37 heavy (non-hydrogen) atoms. The molecule has 0 aliphatic carbocycles. The zero-order valence-electron chi connectivity index (χ0n) is 22.3. The van der Waals surface area contributed by atoms with Crippen LogP contribution in [0.5, 0.6) is 23.6 Å². The summed E-state index contributed by atoms with van der Waals surface area (Å²) in [5.41, 5.74) is 2.17. The predicted octanol–water partition coefficient (Wildman–Crippen LogP) is 4.28. The number of nitrogens with zero attached hydrogens (tertiary/aromatic N) is 4. The van der Waals surface area contributed by atoms with E-state index in [1.807, 2.05) is 31.0 Å². The molecule has 3 heterocycles. The van der Waals surface area contributed by atoms with Gasteiger partial charge in [-0.3, -0.25) is 10.1 Å². The highest BCUT2D eigenvalue weighted by Crippen LogP contribution is 2.35. The molecule has 1 atom stereocenters. The Hall–Kier alpha value is -3.86. The van der Waals surface area contributed by atoms with Crippen LogP contribution in [0.15, 0.2) is 28.9 Å². The molecule has 1 aromatic carbocycles. The van der Waals surface area contributed by atoms with Gasteiger partial charge in [-0.25, -0.2) is 0 Å². The van der Waals surface area contributed by atoms with E-state index in [9.17, 15) is 4.79 Å². The van der Waals surface area contributed by atoms with Crippen molar-refractivity contribution in [1.29, 1.82) is 0 Å². The van der Waals surface area contributed by atoms with Gasteiger partial charge in [-0.1, -0.05) is 32.9 Å². The predicted molar refractivity (Wildman–Crippen MR) is 139 cm³/mol. The molecule has 1 aliphatic heterocycles. The Morgan fingerprint density at radius 2 is 1.86 bits per heavy atom. The van der Waals surface area contributed by atoms with Crippen LogP contribution in [0.3, 0.4) is 0 Å². The fourth-order valence-corrected chi connectivity index (χ4v) is 3.96. The van der Waals surface area contributed by atoms with E-state index in [-0.39, 0.29) is 40.8 Å². The van der Waals surface area contributed by atoms with Crippen molar-refractivity contribution in [1.82, 2.24) is 20.3 Å². The van der Waals surface area contributed by atoms with E-state index in [2.05, 4.69) is 52.4 Å². The van der Waals surface area contributed by atoms with E-state index in [4.69, 9.17) is 18.6 Å². The third-order valence-electron chi connectivity index (χ3n) is 6.24. The fraction of sp³-hybridized carbons (Fsp3) is 0.462. The summed E-state index contributed by atoms with van der Waals surface area (Å²) in [5, 5.41) is 6.12. The molecule has 4 rings (SSSR count). The van der Waals surface area contributed by atoms with Gasteiger partial charge in [0, 0.05) is 7.05 Å². The molecule has 0 spiro atoms. The molecule has 3 aromatic rings. The normalized spacial score (nSPS) is 15.4. The monoisotopic (exact) mass is 510 g/mol. The lowest BCUT2D eigenvalue weighted by atomic mass is 9.86. The minimum absolute atomic E-state index is 0.0140. The van der Waals surface area contributed by atoms with Gasteiger partial charge in [0.1, 0.15) is 12.0 Å². The van der Waals surface area contributed by atoms with Gasteiger partial charge in [-0.2, -0.15) is 15.0 Å². The highest BCUT2D eigenvalue weighted by Gasteiger charge is 2.26. The highest BCUT2D eigenvalue weighted by atomic mass is 16.6. The van der Waals surface area contributed by atoms with E-state index < -0.39 is 5.91 Å². The quantitative estimate of drug-likeness (QED) is 0.454. The number of methoxy groups -OCH3 is 2. The zero-order valence-corrected chi connectivity index (χ0v) is 22.3. The zero-order chi connectivity index (χ0) is 26.7. The smallest absolute Gasteiger partial charge is 0.399 e. The van der Waals surface area contributed by atoms with Gasteiger partial charge < -0.3 is 28.8 Å². The van der Waals surface area contributed by atoms with Gasteiger partial charge in [0.05, 0.1) is 20.4 Å². The van der Waals surface area contributed by atoms with E-state index in [1.165, 1.54) is 20.5 Å². The SMILES string of the molecule is COc1nc(N(C)C2CCCN2)nc(OC)c1NC(=O)c1coc(Oc2cc(C(C)(C)C)ccc2C)n1. The van der Waals surface area contributed by atoms with Crippen LogP contribution in [0.1, 0.15) is 55.2 Å². The standard InChI is InChI=1S/C26H34N6O5/c1-15-10-11-16(26(2,3)4)13-18(15)37-25-28-17(14-36-25)21(33)29-20-22(34-6)30-24(31-23(20)35-7)32(5)19-9-8-12-27-19/h10-11,13-14,19,27H,8-9,12H2,1-7H3,(H,29,33). The van der Waals surface area contributed by atoms with Gasteiger partial charge in [-0.15, -0.1) is 0 Å². The number of carbonyl (C=O) groups excluding carboxylic acids is 1. The number of nitrogens with one attached hydrogen (secondary N) is 2. The molecule has 1 saturated heterocycles. The molecule has 11 nitrogen and oxygen atoms in total. The molecule has 2 N–H and O–H groups in total. The highest BCUT2D eigenvalue weighted by molar-refractivity contribution is 6.04. The lowest BCUT2D eigenvalue weighted by Crippen LogP contribution is -2.40. The summed E-state index contributed by atoms with van der Waals surface area (Å²) < 4.78 is 22.2. The maximum absolute atomic E-state index is 13.0. The summed E-state index contributed by atoms with van der Waals surface area (Å²) in [6.45, 7) is 9.23. The maximum Gasteiger partial charge on any atom is 0.399 e. The average Bonchev–Trinajstić information content (AvgIpc) is 3.57. The van der Waals surface area contributed by atoms with Gasteiger partial charge in [0.2, 0.25) is 17.7 Å². The molecule has 1 amide bonds. The number of carbonyl (C=O) groups is 1. The largest absolute Gasteiger partial charge is 0.479 e. The molecule has 1 unspecified atom stereocenters. The maximum atomic E-state index is 13.0. The molecular formula is C26H34N6O5. The first-order chi connectivity index (χ1) is 17.6. The second-order valence-electron chi connectivity index (χ2n) is 9.93. The molecule has 2 aromatic heterocycles. The third-order valence-corrected chi connectivity index (χ3v) is 6.24. The van der Waals surface area contributed by atoms with Crippen molar-refractivity contribution in [2.45, 2.75) is 52.1 Å². The summed E-state index contributed by atoms with van der Waals surface area (Å²) >= 11 is 0. The molecule has 198 valence electrons. The molecule has 0 radical (unpaired) electrons. The Bertz CT molecular complexity index is 1240. The lowest BCUT2D eigenvalue weighted by Gasteiger charge is -2.25. The van der Waals surface area contributed by atoms with E-state index in [0.29, 0.717) is 11.7 Å². The Morgan fingerprint density at radius 1 is 1.16 bits per heavy atom. The summed E-state index contributed by atoms with van der Waals surface area (Å²) in [6.07, 6.45) is 3.33. The van der Waals surface area contributed by atoms with Crippen LogP contribution in [0.4, 0.5) is 11.6 Å². The number of aryl methyl sites for hydroxylation is 1. The number of aromatic nitrogens is 3. The third kappa shape index (κ3) is 5.77. The van der Waals surface area contributed by atoms with Gasteiger partial charge in [0.15, 0.2) is 11.4 Å². The Balaban J connectivity index is 1.53. The number of hydrogen-bond donors (Lipinski definition) is 2. The first-order valence-corrected chi connectivity index (χ1v) is 12.1. The van der Waals surface area contributed by atoms with Crippen LogP contribution >= 0.6 is 0 Å². The van der Waals surface area contributed by atoms with Crippen molar-refractivity contribution in [3.05, 3.63) is 41.3 Å². The van der Waals surface area contributed by atoms with Crippen LogP contribution in [0.2, 0.25) is 0 Å². The molecule has 0 bridgehead atoms. The van der Waals surface area contributed by atoms with Crippen LogP contribution in [-0.4, -0.2) is 54.8 Å². The summed E-state index contributed by atoms with van der Waals surface area (Å²) in [7, 11) is 4.82. The van der Waals surface area contributed by atoms with E-state index >= 15 is 0 Å². The number of rotatable bonds is 8. The number of ether oxygens (including phenoxy) is 3. The Labute approximate surface area is 216 Å². The summed E-state index contributed by atoms with van der Waals surface area (Å²) in [4.78, 5) is 28.1. The lowest BCUT2D eigenvalue weighted by molar-refractivity contribution is 0.102. The van der Waals surface area contributed by atoms with Crippen LogP contribution in [0, 0.1) is 6.92 Å². The van der Waals surface area contributed by atoms with Gasteiger partial charge >= 0.3 is 6.08 Å². The topological polar surface area (TPSA) is 124 Å². The molecular weight excluding hydrogens is 476 g/mol. The first kappa shape index (κ1) is 26.2. The Morgan fingerprint density at radius 3 is 2.46 bits per heavy atom. The van der Waals surface area contributed by atoms with Crippen molar-refractivity contribution in [2.75, 3.05) is 38.0 Å². The number of oxazole rings is 1. The second-order valence-corrected chi connectivity index (χ2v) is 9.93. The Kier molecular flexibility index (Phi) is 7.53. The summed E-state index contributed by atoms with van der Waals surface area (Å²) in [6, 6.07) is 5.99. The average molecular weight is 511 g/mol. The van der Waals surface area contributed by atoms with Crippen LogP contribution < -0.4 is 29.7 Å². The summed E-state index contributed by atoms with van der Waals surface area (Å²) in [5.74, 6) is 0.785. The van der Waals surface area contributed by atoms with Crippen LogP contribution in [0.25, 0.3) is 0 Å². The second kappa shape index (κ2) is 10.6. The number of anilines is 2. The van der Waals surface area contributed by atoms with Crippen molar-refractivity contribution in [3.8, 4) is 23.6 Å². The minimum Gasteiger partial charge on any atom is -0.479 e. The van der Waals surface area contributed by atoms with E-state index in [1.54, 1.807) is 0 Å². The van der Waals surface area contributed by atoms with Gasteiger partial charge in [0.25, 0.3) is 5.91 Å². The fourth-order valence-electron chi connectivity index (χ4n) is 3.96. The van der Waals surface area contributed by atoms with Crippen molar-refractivity contribution >= 4 is 17.5 Å². The van der Waals surface area contributed by atoms with Gasteiger partial charge in [-0.05, 0) is 48.9 Å². The van der Waals surface area contributed by atoms with Crippen molar-refractivity contribution in [2.24, 2.45) is 0 Å². The first-order valence-electron chi connectivity index (χ1n) is 12.1. The molecule has 1 aliphatic rings. The number of amides is 1. The minimum atomic E-state index is -0.558. The van der Waals surface area contributed by atoms with Crippen molar-refractivity contribution < 1.29 is 23.4 Å². The molecule has 0 saturated carbocycles. The van der Waals surface area contributed by atoms with Crippen LogP contribution in [-0.2, 0) is 5.41 Å². The number of hydrogen-bond acceptors (Lipinski definition) is 10. The molecule has 11 heteroatoms. The van der Waals surface area contributed by atoms with E-state index in [0.717, 1.165) is 30.5 Å². The van der Waals surface area contributed by atoms with Crippen molar-refractivity contribution in [3.63, 3.8) is 0 Å². The number of benzene rings is 1. The molecule has 1 fully saturated rings.